The van der Waals surface area contributed by atoms with Crippen molar-refractivity contribution in [1.29, 1.82) is 0 Å². The molecule has 0 radical (unpaired) electrons. The van der Waals surface area contributed by atoms with Gasteiger partial charge in [-0.25, -0.2) is 0 Å². The number of hydrogen-bond acceptors (Lipinski definition) is 3. The number of thioether (sulfide) groups is 1. The number of benzene rings is 1. The molecule has 1 saturated heterocycles. The van der Waals surface area contributed by atoms with Crippen LogP contribution in [-0.4, -0.2) is 16.6 Å². The molecule has 1 aliphatic rings. The minimum absolute atomic E-state index is 0.208. The fraction of sp³-hybridized carbons (Fsp3) is 0.429. The third-order valence-corrected chi connectivity index (χ3v) is 4.17. The van der Waals surface area contributed by atoms with E-state index in [1.807, 2.05) is 18.2 Å². The van der Waals surface area contributed by atoms with E-state index in [4.69, 9.17) is 11.6 Å². The SMILES string of the molecule is CCCCc1ccc(N=C2CSC(=O)C2)cc1Cl. The van der Waals surface area contributed by atoms with Gasteiger partial charge in [-0.1, -0.05) is 42.8 Å². The first-order chi connectivity index (χ1) is 8.69. The second kappa shape index (κ2) is 6.39. The van der Waals surface area contributed by atoms with Gasteiger partial charge in [0.15, 0.2) is 5.12 Å². The van der Waals surface area contributed by atoms with E-state index in [2.05, 4.69) is 11.9 Å². The lowest BCUT2D eigenvalue weighted by atomic mass is 10.1. The van der Waals surface area contributed by atoms with Crippen molar-refractivity contribution in [3.8, 4) is 0 Å². The number of aliphatic imine (C=N–C) groups is 1. The van der Waals surface area contributed by atoms with E-state index in [1.54, 1.807) is 0 Å². The Morgan fingerprint density at radius 3 is 2.89 bits per heavy atom. The second-order valence-corrected chi connectivity index (χ2v) is 5.83. The Morgan fingerprint density at radius 1 is 1.44 bits per heavy atom. The van der Waals surface area contributed by atoms with Crippen molar-refractivity contribution in [1.82, 2.24) is 0 Å². The molecule has 96 valence electrons. The number of rotatable bonds is 4. The van der Waals surface area contributed by atoms with Crippen LogP contribution in [0, 0.1) is 0 Å². The summed E-state index contributed by atoms with van der Waals surface area (Å²) < 4.78 is 0. The van der Waals surface area contributed by atoms with Gasteiger partial charge in [0.05, 0.1) is 12.1 Å². The molecular formula is C14H16ClNOS. The van der Waals surface area contributed by atoms with Crippen LogP contribution in [0.3, 0.4) is 0 Å². The molecule has 0 saturated carbocycles. The molecule has 1 heterocycles. The van der Waals surface area contributed by atoms with Crippen molar-refractivity contribution in [2.75, 3.05) is 5.75 Å². The van der Waals surface area contributed by atoms with Gasteiger partial charge < -0.3 is 0 Å². The van der Waals surface area contributed by atoms with Crippen molar-refractivity contribution in [2.24, 2.45) is 4.99 Å². The molecule has 0 unspecified atom stereocenters. The summed E-state index contributed by atoms with van der Waals surface area (Å²) >= 11 is 7.58. The molecule has 1 fully saturated rings. The van der Waals surface area contributed by atoms with Gasteiger partial charge in [0, 0.05) is 16.5 Å². The molecule has 0 aliphatic carbocycles. The fourth-order valence-corrected chi connectivity index (χ4v) is 2.89. The molecule has 0 bridgehead atoms. The van der Waals surface area contributed by atoms with Crippen LogP contribution in [0.1, 0.15) is 31.7 Å². The van der Waals surface area contributed by atoms with Crippen molar-refractivity contribution in [3.05, 3.63) is 28.8 Å². The fourth-order valence-electron chi connectivity index (χ4n) is 1.86. The molecule has 0 aromatic heterocycles. The number of nitrogens with zero attached hydrogens (tertiary/aromatic N) is 1. The lowest BCUT2D eigenvalue weighted by molar-refractivity contribution is -0.109. The Bertz CT molecular complexity index is 485. The zero-order valence-corrected chi connectivity index (χ0v) is 12.0. The summed E-state index contributed by atoms with van der Waals surface area (Å²) in [4.78, 5) is 15.6. The Balaban J connectivity index is 2.11. The maximum absolute atomic E-state index is 11.1. The van der Waals surface area contributed by atoms with E-state index < -0.39 is 0 Å². The average Bonchev–Trinajstić information content (AvgIpc) is 2.74. The van der Waals surface area contributed by atoms with Gasteiger partial charge in [0.2, 0.25) is 0 Å². The topological polar surface area (TPSA) is 29.4 Å². The van der Waals surface area contributed by atoms with Crippen LogP contribution in [0.25, 0.3) is 0 Å². The normalized spacial score (nSPS) is 17.7. The zero-order valence-electron chi connectivity index (χ0n) is 10.4. The standard InChI is InChI=1S/C14H16ClNOS/c1-2-3-4-10-5-6-11(7-13(10)15)16-12-8-14(17)18-9-12/h5-7H,2-4,8-9H2,1H3. The zero-order chi connectivity index (χ0) is 13.0. The maximum Gasteiger partial charge on any atom is 0.194 e. The lowest BCUT2D eigenvalue weighted by Gasteiger charge is -2.04. The van der Waals surface area contributed by atoms with Crippen molar-refractivity contribution >= 4 is 39.9 Å². The second-order valence-electron chi connectivity index (χ2n) is 4.39. The Labute approximate surface area is 117 Å². The minimum Gasteiger partial charge on any atom is -0.287 e. The summed E-state index contributed by atoms with van der Waals surface area (Å²) in [5, 5.41) is 0.988. The summed E-state index contributed by atoms with van der Waals surface area (Å²) in [6, 6.07) is 5.92. The van der Waals surface area contributed by atoms with Gasteiger partial charge in [-0.2, -0.15) is 0 Å². The van der Waals surface area contributed by atoms with E-state index >= 15 is 0 Å². The van der Waals surface area contributed by atoms with E-state index in [0.29, 0.717) is 12.2 Å². The highest BCUT2D eigenvalue weighted by atomic mass is 35.5. The molecule has 0 N–H and O–H groups in total. The van der Waals surface area contributed by atoms with Gasteiger partial charge in [0.25, 0.3) is 0 Å². The quantitative estimate of drug-likeness (QED) is 0.818. The summed E-state index contributed by atoms with van der Waals surface area (Å²) in [5.41, 5.74) is 2.98. The molecule has 0 atom stereocenters. The van der Waals surface area contributed by atoms with Crippen LogP contribution >= 0.6 is 23.4 Å². The highest BCUT2D eigenvalue weighted by Gasteiger charge is 2.17. The third-order valence-electron chi connectivity index (χ3n) is 2.87. The monoisotopic (exact) mass is 281 g/mol. The van der Waals surface area contributed by atoms with Crippen LogP contribution < -0.4 is 0 Å². The number of hydrogen-bond donors (Lipinski definition) is 0. The highest BCUT2D eigenvalue weighted by Crippen LogP contribution is 2.26. The molecule has 0 amide bonds. The number of carbonyl (C=O) groups excluding carboxylic acids is 1. The van der Waals surface area contributed by atoms with Crippen LogP contribution in [0.5, 0.6) is 0 Å². The summed E-state index contributed by atoms with van der Waals surface area (Å²) in [5.74, 6) is 0.716. The van der Waals surface area contributed by atoms with Crippen molar-refractivity contribution in [2.45, 2.75) is 32.6 Å². The van der Waals surface area contributed by atoms with E-state index in [-0.39, 0.29) is 5.12 Å². The van der Waals surface area contributed by atoms with E-state index in [0.717, 1.165) is 29.3 Å². The van der Waals surface area contributed by atoms with Crippen LogP contribution in [-0.2, 0) is 11.2 Å². The molecule has 0 spiro atoms. The van der Waals surface area contributed by atoms with Gasteiger partial charge >= 0.3 is 0 Å². The smallest absolute Gasteiger partial charge is 0.194 e. The first-order valence-corrected chi connectivity index (χ1v) is 7.56. The number of carbonyl (C=O) groups is 1. The van der Waals surface area contributed by atoms with Crippen LogP contribution in [0.4, 0.5) is 5.69 Å². The number of unbranched alkanes of at least 4 members (excludes halogenated alkanes) is 1. The molecule has 2 nitrogen and oxygen atoms in total. The molecule has 18 heavy (non-hydrogen) atoms. The van der Waals surface area contributed by atoms with Gasteiger partial charge in [-0.05, 0) is 30.5 Å². The first kappa shape index (κ1) is 13.6. The molecule has 4 heteroatoms. The Kier molecular flexibility index (Phi) is 4.84. The third kappa shape index (κ3) is 3.59. The first-order valence-electron chi connectivity index (χ1n) is 6.19. The lowest BCUT2D eigenvalue weighted by Crippen LogP contribution is -1.94. The van der Waals surface area contributed by atoms with Gasteiger partial charge in [0.1, 0.15) is 0 Å². The highest BCUT2D eigenvalue weighted by molar-refractivity contribution is 8.14. The van der Waals surface area contributed by atoms with Crippen LogP contribution in [0.15, 0.2) is 23.2 Å². The molecular weight excluding hydrogens is 266 g/mol. The molecule has 2 rings (SSSR count). The summed E-state index contributed by atoms with van der Waals surface area (Å²) in [6.45, 7) is 2.17. The van der Waals surface area contributed by atoms with Crippen molar-refractivity contribution in [3.63, 3.8) is 0 Å². The maximum atomic E-state index is 11.1. The average molecular weight is 282 g/mol. The molecule has 1 aromatic carbocycles. The Morgan fingerprint density at radius 2 is 2.28 bits per heavy atom. The summed E-state index contributed by atoms with van der Waals surface area (Å²) in [6.07, 6.45) is 3.80. The van der Waals surface area contributed by atoms with E-state index in [1.165, 1.54) is 23.7 Å². The minimum atomic E-state index is 0.208. The number of halogens is 1. The predicted molar refractivity (Wildman–Crippen MR) is 79.2 cm³/mol. The van der Waals surface area contributed by atoms with Gasteiger partial charge in [-0.15, -0.1) is 0 Å². The van der Waals surface area contributed by atoms with Crippen LogP contribution in [0.2, 0.25) is 5.02 Å². The van der Waals surface area contributed by atoms with Crippen molar-refractivity contribution < 1.29 is 4.79 Å². The van der Waals surface area contributed by atoms with Gasteiger partial charge in [-0.3, -0.25) is 9.79 Å². The molecule has 1 aromatic rings. The molecule has 1 aliphatic heterocycles. The van der Waals surface area contributed by atoms with E-state index in [9.17, 15) is 4.79 Å². The number of aryl methyl sites for hydroxylation is 1. The Hall–Kier alpha value is -0.800. The summed E-state index contributed by atoms with van der Waals surface area (Å²) in [7, 11) is 0. The largest absolute Gasteiger partial charge is 0.287 e. The predicted octanol–water partition coefficient (Wildman–Crippen LogP) is 4.42.